The highest BCUT2D eigenvalue weighted by molar-refractivity contribution is 7.11. The van der Waals surface area contributed by atoms with Crippen molar-refractivity contribution in [1.82, 2.24) is 9.69 Å². The third kappa shape index (κ3) is 2.61. The van der Waals surface area contributed by atoms with Crippen molar-refractivity contribution in [3.63, 3.8) is 0 Å². The predicted molar refractivity (Wildman–Crippen MR) is 82.3 cm³/mol. The maximum Gasteiger partial charge on any atom is 0.258 e. The van der Waals surface area contributed by atoms with E-state index in [4.69, 9.17) is 5.73 Å². The van der Waals surface area contributed by atoms with Gasteiger partial charge in [0.1, 0.15) is 10.6 Å². The van der Waals surface area contributed by atoms with Crippen molar-refractivity contribution in [2.24, 2.45) is 0 Å². The Bertz CT molecular complexity index is 491. The molecule has 2 aliphatic rings. The zero-order chi connectivity index (χ0) is 14.1. The molecule has 2 aliphatic carbocycles. The molecule has 3 N–H and O–H groups in total. The van der Waals surface area contributed by atoms with Crippen molar-refractivity contribution in [1.29, 1.82) is 0 Å². The van der Waals surface area contributed by atoms with E-state index in [1.807, 2.05) is 0 Å². The van der Waals surface area contributed by atoms with E-state index in [2.05, 4.69) is 21.5 Å². The zero-order valence-electron chi connectivity index (χ0n) is 11.9. The number of hydrogen-bond acceptors (Lipinski definition) is 5. The van der Waals surface area contributed by atoms with Gasteiger partial charge in [-0.1, -0.05) is 12.8 Å². The molecule has 20 heavy (non-hydrogen) atoms. The Morgan fingerprint density at radius 1 is 1.40 bits per heavy atom. The molecule has 1 amide bonds. The number of aromatic nitrogens is 1. The van der Waals surface area contributed by atoms with Gasteiger partial charge in [0.2, 0.25) is 0 Å². The second kappa shape index (κ2) is 5.60. The quantitative estimate of drug-likeness (QED) is 0.874. The average molecular weight is 294 g/mol. The molecule has 2 saturated carbocycles. The van der Waals surface area contributed by atoms with Gasteiger partial charge in [0.25, 0.3) is 5.91 Å². The van der Waals surface area contributed by atoms with Gasteiger partial charge in [0, 0.05) is 18.6 Å². The number of amides is 1. The van der Waals surface area contributed by atoms with E-state index in [-0.39, 0.29) is 5.91 Å². The smallest absolute Gasteiger partial charge is 0.258 e. The lowest BCUT2D eigenvalue weighted by Gasteiger charge is -2.28. The Labute approximate surface area is 123 Å². The number of nitrogens with one attached hydrogen (secondary N) is 1. The highest BCUT2D eigenvalue weighted by Gasteiger charge is 2.31. The fraction of sp³-hybridized carbons (Fsp3) is 0.714. The highest BCUT2D eigenvalue weighted by atomic mass is 32.1. The summed E-state index contributed by atoms with van der Waals surface area (Å²) in [4.78, 5) is 14.7. The molecular weight excluding hydrogens is 272 g/mol. The van der Waals surface area contributed by atoms with Gasteiger partial charge in [-0.15, -0.1) is 0 Å². The van der Waals surface area contributed by atoms with Crippen molar-refractivity contribution in [3.05, 3.63) is 5.56 Å². The van der Waals surface area contributed by atoms with Crippen LogP contribution in [-0.4, -0.2) is 28.9 Å². The summed E-state index contributed by atoms with van der Waals surface area (Å²) >= 11 is 1.36. The summed E-state index contributed by atoms with van der Waals surface area (Å²) in [5.41, 5.74) is 6.53. The Kier molecular flexibility index (Phi) is 3.83. The van der Waals surface area contributed by atoms with Crippen LogP contribution in [0.2, 0.25) is 0 Å². The minimum Gasteiger partial charge on any atom is -0.382 e. The molecule has 3 rings (SSSR count). The van der Waals surface area contributed by atoms with Crippen molar-refractivity contribution >= 4 is 28.3 Å². The van der Waals surface area contributed by atoms with E-state index in [0.717, 1.165) is 24.4 Å². The molecule has 0 radical (unpaired) electrons. The number of rotatable bonds is 5. The summed E-state index contributed by atoms with van der Waals surface area (Å²) in [7, 11) is 0. The molecule has 5 nitrogen and oxygen atoms in total. The van der Waals surface area contributed by atoms with Crippen molar-refractivity contribution in [3.8, 4) is 0 Å². The van der Waals surface area contributed by atoms with Crippen LogP contribution in [0.3, 0.4) is 0 Å². The summed E-state index contributed by atoms with van der Waals surface area (Å²) in [5.74, 6) is 0.324. The monoisotopic (exact) mass is 294 g/mol. The third-order valence-corrected chi connectivity index (χ3v) is 5.11. The molecule has 0 unspecified atom stereocenters. The average Bonchev–Trinajstić information content (AvgIpc) is 2.93. The van der Waals surface area contributed by atoms with Gasteiger partial charge in [0.05, 0.1) is 0 Å². The number of anilines is 2. The normalized spacial score (nSPS) is 19.2. The molecule has 0 atom stereocenters. The first-order valence-corrected chi connectivity index (χ1v) is 8.30. The molecule has 0 aliphatic heterocycles. The van der Waals surface area contributed by atoms with Gasteiger partial charge in [-0.25, -0.2) is 0 Å². The molecular formula is C14H22N4OS. The fourth-order valence-corrected chi connectivity index (χ4v) is 3.92. The van der Waals surface area contributed by atoms with E-state index in [1.165, 1.54) is 37.2 Å². The highest BCUT2D eigenvalue weighted by Crippen LogP contribution is 2.36. The Morgan fingerprint density at radius 2 is 2.10 bits per heavy atom. The Morgan fingerprint density at radius 3 is 2.70 bits per heavy atom. The SMILES string of the molecule is CCN(c1snc(N)c1C(=O)NC1CC1)C1CCCC1. The van der Waals surface area contributed by atoms with Crippen LogP contribution >= 0.6 is 11.5 Å². The van der Waals surface area contributed by atoms with Crippen LogP contribution in [0.5, 0.6) is 0 Å². The fourth-order valence-electron chi connectivity index (χ4n) is 2.97. The summed E-state index contributed by atoms with van der Waals surface area (Å²) in [6.07, 6.45) is 7.13. The van der Waals surface area contributed by atoms with E-state index in [9.17, 15) is 4.79 Å². The van der Waals surface area contributed by atoms with Crippen LogP contribution in [-0.2, 0) is 0 Å². The standard InChI is InChI=1S/C14H22N4OS/c1-2-18(10-5-3-4-6-10)14-11(12(15)17-20-14)13(19)16-9-7-8-9/h9-10H,2-8H2,1H3,(H2,15,17)(H,16,19). The molecule has 1 heterocycles. The largest absolute Gasteiger partial charge is 0.382 e. The Balaban J connectivity index is 1.85. The van der Waals surface area contributed by atoms with E-state index < -0.39 is 0 Å². The van der Waals surface area contributed by atoms with E-state index >= 15 is 0 Å². The maximum atomic E-state index is 12.4. The van der Waals surface area contributed by atoms with Crippen molar-refractivity contribution < 1.29 is 4.79 Å². The molecule has 1 aromatic heterocycles. The number of carbonyl (C=O) groups excluding carboxylic acids is 1. The molecule has 0 aromatic carbocycles. The van der Waals surface area contributed by atoms with E-state index in [1.54, 1.807) is 0 Å². The minimum atomic E-state index is -0.0507. The number of nitrogens with zero attached hydrogens (tertiary/aromatic N) is 2. The Hall–Kier alpha value is -1.30. The first-order valence-electron chi connectivity index (χ1n) is 7.53. The van der Waals surface area contributed by atoms with Gasteiger partial charge in [-0.05, 0) is 44.1 Å². The molecule has 0 saturated heterocycles. The molecule has 1 aromatic rings. The molecule has 0 spiro atoms. The zero-order valence-corrected chi connectivity index (χ0v) is 12.7. The second-order valence-electron chi connectivity index (χ2n) is 5.72. The molecule has 6 heteroatoms. The minimum absolute atomic E-state index is 0.0507. The third-order valence-electron chi connectivity index (χ3n) is 4.21. The van der Waals surface area contributed by atoms with E-state index in [0.29, 0.717) is 23.5 Å². The molecule has 2 fully saturated rings. The van der Waals surface area contributed by atoms with Crippen molar-refractivity contribution in [2.45, 2.75) is 57.5 Å². The summed E-state index contributed by atoms with van der Waals surface area (Å²) < 4.78 is 4.22. The van der Waals surface area contributed by atoms with Gasteiger partial charge in [-0.2, -0.15) is 4.37 Å². The predicted octanol–water partition coefficient (Wildman–Crippen LogP) is 2.39. The lowest BCUT2D eigenvalue weighted by molar-refractivity contribution is 0.0952. The molecule has 0 bridgehead atoms. The summed E-state index contributed by atoms with van der Waals surface area (Å²) in [6, 6.07) is 0.878. The molecule has 110 valence electrons. The first kappa shape index (κ1) is 13.7. The van der Waals surface area contributed by atoms with Gasteiger partial charge < -0.3 is 16.0 Å². The number of nitrogen functional groups attached to an aromatic ring is 1. The van der Waals surface area contributed by atoms with Gasteiger partial charge in [-0.3, -0.25) is 4.79 Å². The van der Waals surface area contributed by atoms with Gasteiger partial charge >= 0.3 is 0 Å². The van der Waals surface area contributed by atoms with Crippen LogP contribution in [0.4, 0.5) is 10.8 Å². The summed E-state index contributed by atoms with van der Waals surface area (Å²) in [6.45, 7) is 3.03. The van der Waals surface area contributed by atoms with Gasteiger partial charge in [0.15, 0.2) is 5.82 Å². The summed E-state index contributed by atoms with van der Waals surface area (Å²) in [5, 5.41) is 3.98. The van der Waals surface area contributed by atoms with Crippen LogP contribution in [0.15, 0.2) is 0 Å². The topological polar surface area (TPSA) is 71.2 Å². The van der Waals surface area contributed by atoms with Crippen LogP contribution in [0.25, 0.3) is 0 Å². The lowest BCUT2D eigenvalue weighted by Crippen LogP contribution is -2.35. The first-order chi connectivity index (χ1) is 9.70. The van der Waals surface area contributed by atoms with Crippen LogP contribution in [0.1, 0.15) is 55.8 Å². The second-order valence-corrected chi connectivity index (χ2v) is 6.47. The van der Waals surface area contributed by atoms with Crippen molar-refractivity contribution in [2.75, 3.05) is 17.2 Å². The number of hydrogen-bond donors (Lipinski definition) is 2. The number of carbonyl (C=O) groups is 1. The maximum absolute atomic E-state index is 12.4. The number of nitrogens with two attached hydrogens (primary N) is 1. The van der Waals surface area contributed by atoms with Crippen LogP contribution < -0.4 is 16.0 Å². The van der Waals surface area contributed by atoms with Crippen LogP contribution in [0, 0.1) is 0 Å². The lowest BCUT2D eigenvalue weighted by atomic mass is 10.2.